The number of nitriles is 1. The molecule has 2 aromatic carbocycles. The van der Waals surface area contributed by atoms with Gasteiger partial charge in [0.2, 0.25) is 5.91 Å². The number of halogens is 3. The summed E-state index contributed by atoms with van der Waals surface area (Å²) in [5, 5.41) is 14.2. The smallest absolute Gasteiger partial charge is 0.319 e. The van der Waals surface area contributed by atoms with Gasteiger partial charge in [-0.05, 0) is 42.3 Å². The van der Waals surface area contributed by atoms with Gasteiger partial charge in [0.25, 0.3) is 0 Å². The van der Waals surface area contributed by atoms with Crippen LogP contribution in [0, 0.1) is 17.2 Å². The molecule has 1 heterocycles. The molecular weight excluding hydrogens is 507 g/mol. The van der Waals surface area contributed by atoms with E-state index in [9.17, 15) is 14.9 Å². The monoisotopic (exact) mass is 524 g/mol. The van der Waals surface area contributed by atoms with Crippen molar-refractivity contribution in [1.29, 1.82) is 5.26 Å². The highest BCUT2D eigenvalue weighted by Gasteiger charge is 2.44. The van der Waals surface area contributed by atoms with Crippen molar-refractivity contribution in [2.45, 2.75) is 18.6 Å². The molecule has 3 rings (SSSR count). The largest absolute Gasteiger partial charge is 0.492 e. The van der Waals surface area contributed by atoms with Gasteiger partial charge in [-0.3, -0.25) is 9.59 Å². The van der Waals surface area contributed by atoms with E-state index in [1.807, 2.05) is 6.92 Å². The van der Waals surface area contributed by atoms with Crippen LogP contribution in [0.4, 0.5) is 0 Å². The molecule has 0 saturated heterocycles. The van der Waals surface area contributed by atoms with E-state index in [2.05, 4.69) is 11.4 Å². The summed E-state index contributed by atoms with van der Waals surface area (Å²) in [5.74, 6) is -2.54. The number of ether oxygens (including phenoxy) is 2. The van der Waals surface area contributed by atoms with Crippen LogP contribution in [0.2, 0.25) is 15.1 Å². The number of rotatable bonds is 7. The average Bonchev–Trinajstić information content (AvgIpc) is 2.80. The molecule has 6 nitrogen and oxygen atoms in total. The molecular formula is C23H19Cl3N2O4S. The molecule has 0 aliphatic carbocycles. The van der Waals surface area contributed by atoms with Crippen molar-refractivity contribution >= 4 is 58.4 Å². The summed E-state index contributed by atoms with van der Waals surface area (Å²) in [6.45, 7) is 2.26. The third-order valence-corrected chi connectivity index (χ3v) is 7.09. The Hall–Kier alpha value is -2.37. The average molecular weight is 526 g/mol. The topological polar surface area (TPSA) is 88.4 Å². The minimum absolute atomic E-state index is 0.232. The maximum Gasteiger partial charge on any atom is 0.319 e. The number of hydrogen-bond donors (Lipinski definition) is 1. The Morgan fingerprint density at radius 1 is 1.15 bits per heavy atom. The third-order valence-electron chi connectivity index (χ3n) is 4.97. The van der Waals surface area contributed by atoms with Crippen LogP contribution in [0.5, 0.6) is 5.75 Å². The summed E-state index contributed by atoms with van der Waals surface area (Å²) in [4.78, 5) is 25.5. The Morgan fingerprint density at radius 2 is 1.91 bits per heavy atom. The fourth-order valence-corrected chi connectivity index (χ4v) is 5.00. The molecule has 0 aromatic heterocycles. The molecule has 0 radical (unpaired) electrons. The number of benzene rings is 2. The summed E-state index contributed by atoms with van der Waals surface area (Å²) >= 11 is 19.7. The summed E-state index contributed by atoms with van der Waals surface area (Å²) in [6.07, 6.45) is 0. The van der Waals surface area contributed by atoms with Gasteiger partial charge < -0.3 is 14.8 Å². The minimum Gasteiger partial charge on any atom is -0.492 e. The second kappa shape index (κ2) is 11.2. The zero-order valence-corrected chi connectivity index (χ0v) is 20.7. The van der Waals surface area contributed by atoms with Crippen molar-refractivity contribution in [3.63, 3.8) is 0 Å². The molecule has 1 aliphatic rings. The predicted molar refractivity (Wildman–Crippen MR) is 129 cm³/mol. The van der Waals surface area contributed by atoms with Crippen LogP contribution in [0.3, 0.4) is 0 Å². The number of nitrogens with zero attached hydrogens (tertiary/aromatic N) is 1. The number of esters is 1. The molecule has 2 aromatic rings. The van der Waals surface area contributed by atoms with Crippen LogP contribution in [-0.4, -0.2) is 25.6 Å². The second-order valence-electron chi connectivity index (χ2n) is 6.98. The van der Waals surface area contributed by atoms with E-state index in [0.717, 1.165) is 5.56 Å². The number of hydrogen-bond acceptors (Lipinski definition) is 6. The van der Waals surface area contributed by atoms with Crippen LogP contribution >= 0.6 is 46.6 Å². The molecule has 10 heteroatoms. The molecule has 0 spiro atoms. The van der Waals surface area contributed by atoms with Crippen LogP contribution in [-0.2, 0) is 20.1 Å². The highest BCUT2D eigenvalue weighted by molar-refractivity contribution is 8.02. The van der Waals surface area contributed by atoms with E-state index >= 15 is 0 Å². The van der Waals surface area contributed by atoms with E-state index in [1.165, 1.54) is 18.9 Å². The summed E-state index contributed by atoms with van der Waals surface area (Å²) in [5.41, 5.74) is 1.61. The lowest BCUT2D eigenvalue weighted by molar-refractivity contribution is -0.150. The molecule has 0 saturated carbocycles. The van der Waals surface area contributed by atoms with Gasteiger partial charge in [0.05, 0.1) is 45.5 Å². The Morgan fingerprint density at radius 3 is 2.52 bits per heavy atom. The van der Waals surface area contributed by atoms with Gasteiger partial charge in [-0.15, -0.1) is 11.8 Å². The number of carbonyl (C=O) groups is 2. The highest BCUT2D eigenvalue weighted by atomic mass is 35.5. The van der Waals surface area contributed by atoms with Gasteiger partial charge in [-0.1, -0.05) is 46.9 Å². The Labute approximate surface area is 210 Å². The first kappa shape index (κ1) is 25.3. The van der Waals surface area contributed by atoms with Gasteiger partial charge in [-0.25, -0.2) is 0 Å². The van der Waals surface area contributed by atoms with Gasteiger partial charge in [0.1, 0.15) is 11.7 Å². The minimum atomic E-state index is -1.24. The first-order valence-corrected chi connectivity index (χ1v) is 11.9. The second-order valence-corrected chi connectivity index (χ2v) is 9.19. The van der Waals surface area contributed by atoms with Crippen molar-refractivity contribution in [1.82, 2.24) is 5.32 Å². The number of carbonyl (C=O) groups excluding carboxylic acids is 2. The highest BCUT2D eigenvalue weighted by Crippen LogP contribution is 2.42. The molecule has 1 amide bonds. The van der Waals surface area contributed by atoms with Gasteiger partial charge >= 0.3 is 5.97 Å². The predicted octanol–water partition coefficient (Wildman–Crippen LogP) is 5.72. The quantitative estimate of drug-likeness (QED) is 0.368. The van der Waals surface area contributed by atoms with Crippen molar-refractivity contribution in [3.8, 4) is 11.8 Å². The Kier molecular flexibility index (Phi) is 8.55. The standard InChI is InChI=1S/C23H19Cl3N2O4S/c1-3-32-18-7-5-13(9-17(18)26)19-14(10-27)22(28-21(29)20(19)23(30)31-2)33-11-12-4-6-15(24)16(25)8-12/h4-9,19-20H,3,11H2,1-2H3,(H,28,29)/t19-,20+/m0/s1. The van der Waals surface area contributed by atoms with E-state index in [-0.39, 0.29) is 5.57 Å². The van der Waals surface area contributed by atoms with Crippen LogP contribution < -0.4 is 10.1 Å². The molecule has 0 bridgehead atoms. The van der Waals surface area contributed by atoms with Crippen LogP contribution in [0.15, 0.2) is 47.0 Å². The fourth-order valence-electron chi connectivity index (χ4n) is 3.45. The van der Waals surface area contributed by atoms with Crippen molar-refractivity contribution in [2.24, 2.45) is 5.92 Å². The summed E-state index contributed by atoms with van der Waals surface area (Å²) in [6, 6.07) is 12.3. The molecule has 1 N–H and O–H groups in total. The molecule has 172 valence electrons. The SMILES string of the molecule is CCOc1ccc([C@H]2C(C#N)=C(SCc3ccc(Cl)c(Cl)c3)NC(=O)[C@@H]2C(=O)OC)cc1Cl. The number of methoxy groups -OCH3 is 1. The lowest BCUT2D eigenvalue weighted by atomic mass is 9.78. The molecule has 0 fully saturated rings. The molecule has 1 aliphatic heterocycles. The normalized spacial score (nSPS) is 17.9. The van der Waals surface area contributed by atoms with E-state index in [0.29, 0.717) is 43.8 Å². The third kappa shape index (κ3) is 5.59. The van der Waals surface area contributed by atoms with E-state index in [1.54, 1.807) is 36.4 Å². The van der Waals surface area contributed by atoms with Gasteiger partial charge in [0.15, 0.2) is 0 Å². The maximum absolute atomic E-state index is 12.9. The summed E-state index contributed by atoms with van der Waals surface area (Å²) in [7, 11) is 1.20. The van der Waals surface area contributed by atoms with Gasteiger partial charge in [0, 0.05) is 11.7 Å². The lowest BCUT2D eigenvalue weighted by Crippen LogP contribution is -2.44. The van der Waals surface area contributed by atoms with Crippen molar-refractivity contribution < 1.29 is 19.1 Å². The zero-order chi connectivity index (χ0) is 24.1. The first-order chi connectivity index (χ1) is 15.8. The molecule has 2 atom stereocenters. The van der Waals surface area contributed by atoms with E-state index in [4.69, 9.17) is 44.3 Å². The Balaban J connectivity index is 2.03. The van der Waals surface area contributed by atoms with Crippen molar-refractivity contribution in [2.75, 3.05) is 13.7 Å². The lowest BCUT2D eigenvalue weighted by Gasteiger charge is -2.31. The van der Waals surface area contributed by atoms with Crippen LogP contribution in [0.25, 0.3) is 0 Å². The van der Waals surface area contributed by atoms with E-state index < -0.39 is 23.7 Å². The Bertz CT molecular complexity index is 1160. The first-order valence-electron chi connectivity index (χ1n) is 9.82. The van der Waals surface area contributed by atoms with Gasteiger partial charge in [-0.2, -0.15) is 5.26 Å². The number of amides is 1. The number of thioether (sulfide) groups is 1. The maximum atomic E-state index is 12.9. The number of allylic oxidation sites excluding steroid dienone is 1. The number of nitrogens with one attached hydrogen (secondary N) is 1. The summed E-state index contributed by atoms with van der Waals surface area (Å²) < 4.78 is 10.3. The van der Waals surface area contributed by atoms with Crippen molar-refractivity contribution in [3.05, 3.63) is 73.2 Å². The molecule has 33 heavy (non-hydrogen) atoms. The van der Waals surface area contributed by atoms with Crippen LogP contribution in [0.1, 0.15) is 24.0 Å². The zero-order valence-electron chi connectivity index (χ0n) is 17.7. The fraction of sp³-hybridized carbons (Fsp3) is 0.261. The molecule has 0 unspecified atom stereocenters.